The third-order valence-electron chi connectivity index (χ3n) is 4.89. The Morgan fingerprint density at radius 1 is 1.03 bits per heavy atom. The third kappa shape index (κ3) is 5.71. The molecule has 0 bridgehead atoms. The average molecular weight is 422 g/mol. The maximum atomic E-state index is 5.94. The summed E-state index contributed by atoms with van der Waals surface area (Å²) in [5.41, 5.74) is 3.66. The quantitative estimate of drug-likeness (QED) is 0.546. The van der Waals surface area contributed by atoms with Crippen LogP contribution >= 0.6 is 0 Å². The van der Waals surface area contributed by atoms with E-state index in [2.05, 4.69) is 9.97 Å². The predicted molar refractivity (Wildman–Crippen MR) is 116 cm³/mol. The number of hydrogen-bond acceptors (Lipinski definition) is 7. The fourth-order valence-electron chi connectivity index (χ4n) is 3.28. The molecule has 3 aromatic rings. The Hall–Kier alpha value is -3.16. The first kappa shape index (κ1) is 21.1. The number of hydrogen-bond donors (Lipinski definition) is 0. The number of aryl methyl sites for hydroxylation is 1. The standard InChI is InChI=1S/C24H26N2O5/c1-17-11-19(30-14-18-5-3-4-8-25-18)6-7-22(17)23-12-20(13-24(26-23)27-2)31-16-21-15-28-9-10-29-21/h3-8,11-13,21H,9-10,14-16H2,1-2H3/t21-/m1/s1. The van der Waals surface area contributed by atoms with Gasteiger partial charge in [-0.3, -0.25) is 4.98 Å². The van der Waals surface area contributed by atoms with Crippen LogP contribution in [0.5, 0.6) is 17.4 Å². The first-order valence-corrected chi connectivity index (χ1v) is 10.2. The van der Waals surface area contributed by atoms with E-state index in [4.69, 9.17) is 23.7 Å². The van der Waals surface area contributed by atoms with Gasteiger partial charge >= 0.3 is 0 Å². The van der Waals surface area contributed by atoms with Crippen molar-refractivity contribution in [2.75, 3.05) is 33.5 Å². The van der Waals surface area contributed by atoms with E-state index in [1.807, 2.05) is 49.4 Å². The Morgan fingerprint density at radius 2 is 1.97 bits per heavy atom. The van der Waals surface area contributed by atoms with Crippen LogP contribution in [-0.4, -0.2) is 49.6 Å². The zero-order chi connectivity index (χ0) is 21.5. The minimum Gasteiger partial charge on any atom is -0.491 e. The minimum absolute atomic E-state index is 0.0753. The van der Waals surface area contributed by atoms with Gasteiger partial charge in [0.25, 0.3) is 0 Å². The highest BCUT2D eigenvalue weighted by molar-refractivity contribution is 5.66. The van der Waals surface area contributed by atoms with E-state index in [9.17, 15) is 0 Å². The lowest BCUT2D eigenvalue weighted by molar-refractivity contribution is -0.101. The second-order valence-corrected chi connectivity index (χ2v) is 7.20. The summed E-state index contributed by atoms with van der Waals surface area (Å²) in [5, 5.41) is 0. The van der Waals surface area contributed by atoms with Crippen LogP contribution in [0.1, 0.15) is 11.3 Å². The molecule has 7 heteroatoms. The van der Waals surface area contributed by atoms with Crippen molar-refractivity contribution in [2.24, 2.45) is 0 Å². The highest BCUT2D eigenvalue weighted by atomic mass is 16.6. The molecular weight excluding hydrogens is 396 g/mol. The van der Waals surface area contributed by atoms with E-state index in [0.29, 0.717) is 44.7 Å². The predicted octanol–water partition coefficient (Wildman–Crippen LogP) is 3.83. The molecule has 1 aliphatic rings. The maximum absolute atomic E-state index is 5.94. The molecule has 1 aromatic carbocycles. The van der Waals surface area contributed by atoms with E-state index in [-0.39, 0.29) is 6.10 Å². The second kappa shape index (κ2) is 10.2. The number of benzene rings is 1. The molecule has 0 unspecified atom stereocenters. The number of nitrogens with zero attached hydrogens (tertiary/aromatic N) is 2. The van der Waals surface area contributed by atoms with Crippen molar-refractivity contribution in [1.82, 2.24) is 9.97 Å². The van der Waals surface area contributed by atoms with E-state index < -0.39 is 0 Å². The van der Waals surface area contributed by atoms with Gasteiger partial charge in [-0.2, -0.15) is 0 Å². The van der Waals surface area contributed by atoms with Gasteiger partial charge < -0.3 is 23.7 Å². The Kier molecular flexibility index (Phi) is 6.96. The van der Waals surface area contributed by atoms with E-state index >= 15 is 0 Å². The van der Waals surface area contributed by atoms with Crippen molar-refractivity contribution in [3.05, 3.63) is 66.0 Å². The van der Waals surface area contributed by atoms with Crippen LogP contribution in [0.3, 0.4) is 0 Å². The van der Waals surface area contributed by atoms with Crippen LogP contribution in [-0.2, 0) is 16.1 Å². The molecule has 1 atom stereocenters. The highest BCUT2D eigenvalue weighted by Crippen LogP contribution is 2.31. The van der Waals surface area contributed by atoms with Crippen molar-refractivity contribution in [3.63, 3.8) is 0 Å². The normalized spacial score (nSPS) is 16.0. The lowest BCUT2D eigenvalue weighted by Gasteiger charge is -2.23. The van der Waals surface area contributed by atoms with Crippen LogP contribution in [0.4, 0.5) is 0 Å². The van der Waals surface area contributed by atoms with Gasteiger partial charge in [-0.15, -0.1) is 0 Å². The van der Waals surface area contributed by atoms with Crippen molar-refractivity contribution in [3.8, 4) is 28.6 Å². The molecule has 1 saturated heterocycles. The molecule has 4 rings (SSSR count). The first-order valence-electron chi connectivity index (χ1n) is 10.2. The van der Waals surface area contributed by atoms with E-state index in [1.54, 1.807) is 19.4 Å². The first-order chi connectivity index (χ1) is 15.2. The van der Waals surface area contributed by atoms with Gasteiger partial charge in [-0.1, -0.05) is 6.07 Å². The summed E-state index contributed by atoms with van der Waals surface area (Å²) in [6.07, 6.45) is 1.68. The van der Waals surface area contributed by atoms with Crippen molar-refractivity contribution in [1.29, 1.82) is 0 Å². The molecule has 1 aliphatic heterocycles. The average Bonchev–Trinajstić information content (AvgIpc) is 2.82. The molecular formula is C24H26N2O5. The van der Waals surface area contributed by atoms with E-state index in [0.717, 1.165) is 28.3 Å². The summed E-state index contributed by atoms with van der Waals surface area (Å²) in [5.74, 6) is 1.94. The molecule has 162 valence electrons. The number of pyridine rings is 2. The number of ether oxygens (including phenoxy) is 5. The van der Waals surface area contributed by atoms with Crippen LogP contribution in [0, 0.1) is 6.92 Å². The molecule has 0 radical (unpaired) electrons. The fourth-order valence-corrected chi connectivity index (χ4v) is 3.28. The molecule has 0 saturated carbocycles. The summed E-state index contributed by atoms with van der Waals surface area (Å²) < 4.78 is 28.3. The van der Waals surface area contributed by atoms with Gasteiger partial charge in [0.2, 0.25) is 5.88 Å². The minimum atomic E-state index is -0.0753. The Balaban J connectivity index is 1.48. The smallest absolute Gasteiger partial charge is 0.217 e. The van der Waals surface area contributed by atoms with Crippen molar-refractivity contribution in [2.45, 2.75) is 19.6 Å². The van der Waals surface area contributed by atoms with Gasteiger partial charge in [0.05, 0.1) is 38.3 Å². The lowest BCUT2D eigenvalue weighted by Crippen LogP contribution is -2.33. The summed E-state index contributed by atoms with van der Waals surface area (Å²) in [4.78, 5) is 8.87. The molecule has 2 aromatic heterocycles. The third-order valence-corrected chi connectivity index (χ3v) is 4.89. The SMILES string of the molecule is COc1cc(OC[C@H]2COCCO2)cc(-c2ccc(OCc3ccccn3)cc2C)n1. The summed E-state index contributed by atoms with van der Waals surface area (Å²) >= 11 is 0. The number of methoxy groups -OCH3 is 1. The number of aromatic nitrogens is 2. The van der Waals surface area contributed by atoms with Crippen molar-refractivity contribution < 1.29 is 23.7 Å². The van der Waals surface area contributed by atoms with Crippen LogP contribution < -0.4 is 14.2 Å². The summed E-state index contributed by atoms with van der Waals surface area (Å²) in [7, 11) is 1.59. The zero-order valence-electron chi connectivity index (χ0n) is 17.7. The molecule has 7 nitrogen and oxygen atoms in total. The molecule has 3 heterocycles. The largest absolute Gasteiger partial charge is 0.491 e. The van der Waals surface area contributed by atoms with Crippen LogP contribution in [0.2, 0.25) is 0 Å². The summed E-state index contributed by atoms with van der Waals surface area (Å²) in [6, 6.07) is 15.4. The van der Waals surface area contributed by atoms with Gasteiger partial charge in [-0.05, 0) is 42.8 Å². The molecule has 0 N–H and O–H groups in total. The van der Waals surface area contributed by atoms with Crippen LogP contribution in [0.25, 0.3) is 11.3 Å². The highest BCUT2D eigenvalue weighted by Gasteiger charge is 2.16. The number of rotatable bonds is 8. The topological polar surface area (TPSA) is 71.9 Å². The monoisotopic (exact) mass is 422 g/mol. The Bertz CT molecular complexity index is 991. The Morgan fingerprint density at radius 3 is 2.71 bits per heavy atom. The lowest BCUT2D eigenvalue weighted by atomic mass is 10.0. The molecule has 0 amide bonds. The fraction of sp³-hybridized carbons (Fsp3) is 0.333. The van der Waals surface area contributed by atoms with Crippen molar-refractivity contribution >= 4 is 0 Å². The molecule has 0 aliphatic carbocycles. The van der Waals surface area contributed by atoms with E-state index in [1.165, 1.54) is 0 Å². The maximum Gasteiger partial charge on any atom is 0.217 e. The van der Waals surface area contributed by atoms with Crippen LogP contribution in [0.15, 0.2) is 54.7 Å². The second-order valence-electron chi connectivity index (χ2n) is 7.20. The molecule has 31 heavy (non-hydrogen) atoms. The summed E-state index contributed by atoms with van der Waals surface area (Å²) in [6.45, 7) is 4.61. The zero-order valence-corrected chi connectivity index (χ0v) is 17.7. The van der Waals surface area contributed by atoms with Gasteiger partial charge in [0, 0.05) is 23.9 Å². The molecule has 0 spiro atoms. The molecule has 1 fully saturated rings. The van der Waals surface area contributed by atoms with Gasteiger partial charge in [0.1, 0.15) is 30.8 Å². The van der Waals surface area contributed by atoms with Gasteiger partial charge in [-0.25, -0.2) is 4.98 Å². The van der Waals surface area contributed by atoms with Gasteiger partial charge in [0.15, 0.2) is 0 Å². The Labute approximate surface area is 181 Å².